The average Bonchev–Trinajstić information content (AvgIpc) is 3.39. The van der Waals surface area contributed by atoms with Crippen LogP contribution in [0.3, 0.4) is 0 Å². The molecule has 5 amide bonds. The molecular formula is C31H30F3N7O3. The number of carbonyl (C=O) groups excluding carboxylic acids is 3. The lowest BCUT2D eigenvalue weighted by atomic mass is 10.0. The molecule has 0 bridgehead atoms. The third-order valence-corrected chi connectivity index (χ3v) is 8.09. The molecule has 2 aromatic carbocycles. The van der Waals surface area contributed by atoms with Crippen LogP contribution in [0.15, 0.2) is 84.1 Å². The van der Waals surface area contributed by atoms with Crippen molar-refractivity contribution < 1.29 is 27.6 Å². The second-order valence-electron chi connectivity index (χ2n) is 10.9. The lowest BCUT2D eigenvalue weighted by Gasteiger charge is -2.36. The number of pyridine rings is 1. The van der Waals surface area contributed by atoms with E-state index in [1.807, 2.05) is 12.1 Å². The van der Waals surface area contributed by atoms with E-state index in [4.69, 9.17) is 0 Å². The number of benzodiazepines with no additional fused rings is 1. The van der Waals surface area contributed by atoms with Crippen LogP contribution in [0.2, 0.25) is 0 Å². The molecular weight excluding hydrogens is 575 g/mol. The van der Waals surface area contributed by atoms with Crippen LogP contribution in [-0.2, 0) is 4.79 Å². The highest BCUT2D eigenvalue weighted by Crippen LogP contribution is 2.31. The molecule has 44 heavy (non-hydrogen) atoms. The van der Waals surface area contributed by atoms with E-state index in [1.165, 1.54) is 11.0 Å². The van der Waals surface area contributed by atoms with Crippen LogP contribution in [0.5, 0.6) is 0 Å². The number of aromatic nitrogens is 1. The maximum atomic E-state index is 13.7. The van der Waals surface area contributed by atoms with Crippen molar-refractivity contribution in [1.82, 2.24) is 25.4 Å². The zero-order valence-electron chi connectivity index (χ0n) is 23.6. The highest BCUT2D eigenvalue weighted by Gasteiger charge is 2.41. The van der Waals surface area contributed by atoms with E-state index in [9.17, 15) is 27.6 Å². The number of anilines is 1. The highest BCUT2D eigenvalue weighted by molar-refractivity contribution is 6.20. The van der Waals surface area contributed by atoms with E-state index in [0.717, 1.165) is 5.56 Å². The summed E-state index contributed by atoms with van der Waals surface area (Å²) in [6.45, 7) is -0.453. The molecule has 0 spiro atoms. The van der Waals surface area contributed by atoms with Crippen LogP contribution in [0.25, 0.3) is 0 Å². The van der Waals surface area contributed by atoms with E-state index in [-0.39, 0.29) is 23.8 Å². The molecule has 0 aliphatic carbocycles. The predicted octanol–water partition coefficient (Wildman–Crippen LogP) is 4.09. The number of para-hydroxylation sites is 1. The van der Waals surface area contributed by atoms with Crippen LogP contribution in [-0.4, -0.2) is 83.0 Å². The number of hydrogen-bond acceptors (Lipinski definition) is 5. The molecule has 0 radical (unpaired) electrons. The van der Waals surface area contributed by atoms with Gasteiger partial charge in [-0.05, 0) is 36.6 Å². The highest BCUT2D eigenvalue weighted by atomic mass is 19.4. The van der Waals surface area contributed by atoms with Crippen LogP contribution in [0.4, 0.5) is 28.4 Å². The largest absolute Gasteiger partial charge is 0.406 e. The van der Waals surface area contributed by atoms with Crippen LogP contribution < -0.4 is 15.5 Å². The van der Waals surface area contributed by atoms with Gasteiger partial charge in [0.2, 0.25) is 6.17 Å². The molecule has 3 aliphatic heterocycles. The lowest BCUT2D eigenvalue weighted by molar-refractivity contribution is -0.133. The molecule has 0 saturated carbocycles. The number of nitrogens with one attached hydrogen (secondary N) is 2. The minimum Gasteiger partial charge on any atom is -0.329 e. The summed E-state index contributed by atoms with van der Waals surface area (Å²) in [5.41, 5.74) is 2.26. The van der Waals surface area contributed by atoms with Crippen LogP contribution >= 0.6 is 0 Å². The van der Waals surface area contributed by atoms with Crippen molar-refractivity contribution in [2.75, 3.05) is 31.1 Å². The third-order valence-electron chi connectivity index (χ3n) is 8.09. The molecule has 2 N–H and O–H groups in total. The molecule has 3 aliphatic rings. The number of aliphatic imine (C=N–C) groups is 1. The summed E-state index contributed by atoms with van der Waals surface area (Å²) >= 11 is 0. The lowest BCUT2D eigenvalue weighted by Crippen LogP contribution is -2.55. The molecule has 1 aromatic heterocycles. The minimum atomic E-state index is -4.69. The van der Waals surface area contributed by atoms with E-state index in [1.54, 1.807) is 65.8 Å². The Bertz CT molecular complexity index is 1560. The molecule has 2 saturated heterocycles. The maximum Gasteiger partial charge on any atom is 0.406 e. The Labute approximate surface area is 251 Å². The quantitative estimate of drug-likeness (QED) is 0.457. The summed E-state index contributed by atoms with van der Waals surface area (Å²) in [6, 6.07) is 17.8. The van der Waals surface area contributed by atoms with E-state index in [2.05, 4.69) is 20.6 Å². The molecule has 2 atom stereocenters. The van der Waals surface area contributed by atoms with Gasteiger partial charge in [-0.2, -0.15) is 13.2 Å². The van der Waals surface area contributed by atoms with Crippen molar-refractivity contribution in [1.29, 1.82) is 0 Å². The van der Waals surface area contributed by atoms with Crippen molar-refractivity contribution in [3.63, 3.8) is 0 Å². The maximum absolute atomic E-state index is 13.7. The number of carbonyl (C=O) groups is 3. The smallest absolute Gasteiger partial charge is 0.329 e. The summed E-state index contributed by atoms with van der Waals surface area (Å²) in [5, 5.41) is 5.58. The summed E-state index contributed by atoms with van der Waals surface area (Å²) in [5.74, 6) is -0.986. The summed E-state index contributed by atoms with van der Waals surface area (Å²) < 4.78 is 41.1. The fourth-order valence-electron chi connectivity index (χ4n) is 5.94. The SMILES string of the molecule is O=C(N[C@@H]1N=C(c2ccccc2)c2ccccc2N(CC(F)(F)F)C1=O)N1CCC(N2CC(c3ccncc3)NC2=O)CC1. The van der Waals surface area contributed by atoms with Crippen molar-refractivity contribution in [2.24, 2.45) is 4.99 Å². The van der Waals surface area contributed by atoms with Gasteiger partial charge in [0, 0.05) is 49.2 Å². The monoisotopic (exact) mass is 605 g/mol. The Balaban J connectivity index is 1.19. The first kappa shape index (κ1) is 29.1. The fraction of sp³-hybridized carbons (Fsp3) is 0.323. The van der Waals surface area contributed by atoms with Gasteiger partial charge in [-0.1, -0.05) is 48.5 Å². The first-order chi connectivity index (χ1) is 21.2. The van der Waals surface area contributed by atoms with Gasteiger partial charge in [-0.25, -0.2) is 14.6 Å². The van der Waals surface area contributed by atoms with Crippen molar-refractivity contribution in [2.45, 2.75) is 37.3 Å². The fourth-order valence-corrected chi connectivity index (χ4v) is 5.94. The minimum absolute atomic E-state index is 0.0592. The summed E-state index contributed by atoms with van der Waals surface area (Å²) in [7, 11) is 0. The number of hydrogen-bond donors (Lipinski definition) is 2. The van der Waals surface area contributed by atoms with Gasteiger partial charge in [0.15, 0.2) is 0 Å². The number of nitrogens with zero attached hydrogens (tertiary/aromatic N) is 5. The van der Waals surface area contributed by atoms with Gasteiger partial charge in [0.05, 0.1) is 17.4 Å². The van der Waals surface area contributed by atoms with Gasteiger partial charge < -0.3 is 20.4 Å². The van der Waals surface area contributed by atoms with Gasteiger partial charge in [-0.3, -0.25) is 14.7 Å². The molecule has 6 rings (SSSR count). The first-order valence-corrected chi connectivity index (χ1v) is 14.3. The molecule has 2 fully saturated rings. The number of benzene rings is 2. The molecule has 3 aromatic rings. The molecule has 1 unspecified atom stereocenters. The number of urea groups is 2. The second kappa shape index (κ2) is 12.0. The number of amides is 5. The Morgan fingerprint density at radius 2 is 1.64 bits per heavy atom. The second-order valence-corrected chi connectivity index (χ2v) is 10.9. The summed E-state index contributed by atoms with van der Waals surface area (Å²) in [4.78, 5) is 52.3. The zero-order chi connectivity index (χ0) is 30.8. The van der Waals surface area contributed by atoms with Crippen molar-refractivity contribution in [3.8, 4) is 0 Å². The standard InChI is InChI=1S/C31H30F3N7O3/c32-31(33,34)19-41-25-9-5-4-8-23(25)26(21-6-2-1-3-7-21)37-27(28(41)42)38-29(43)39-16-12-22(13-17-39)40-18-24(36-30(40)44)20-10-14-35-15-11-20/h1-11,14-15,22,24,27H,12-13,16-19H2,(H,36,44)(H,38,43)/t24?,27-/m0/s1. The zero-order valence-corrected chi connectivity index (χ0v) is 23.6. The Morgan fingerprint density at radius 3 is 2.34 bits per heavy atom. The molecule has 228 valence electrons. The van der Waals surface area contributed by atoms with Gasteiger partial charge in [0.25, 0.3) is 5.91 Å². The normalized spacial score (nSPS) is 21.0. The number of fused-ring (bicyclic) bond motifs is 1. The number of halogens is 3. The molecule has 4 heterocycles. The number of likely N-dealkylation sites (tertiary alicyclic amines) is 1. The number of alkyl halides is 3. The molecule has 13 heteroatoms. The topological polar surface area (TPSA) is 110 Å². The Hall–Kier alpha value is -4.94. The first-order valence-electron chi connectivity index (χ1n) is 14.3. The predicted molar refractivity (Wildman–Crippen MR) is 156 cm³/mol. The van der Waals surface area contributed by atoms with E-state index < -0.39 is 30.8 Å². The van der Waals surface area contributed by atoms with Crippen LogP contribution in [0.1, 0.15) is 35.6 Å². The van der Waals surface area contributed by atoms with Gasteiger partial charge in [0.1, 0.15) is 6.54 Å². The van der Waals surface area contributed by atoms with Crippen molar-refractivity contribution >= 4 is 29.4 Å². The third kappa shape index (κ3) is 6.08. The Kier molecular flexibility index (Phi) is 7.93. The van der Waals surface area contributed by atoms with E-state index in [0.29, 0.717) is 54.2 Å². The number of rotatable bonds is 5. The molecule has 10 nitrogen and oxygen atoms in total. The van der Waals surface area contributed by atoms with Crippen molar-refractivity contribution in [3.05, 3.63) is 95.8 Å². The number of piperidine rings is 1. The van der Waals surface area contributed by atoms with Gasteiger partial charge >= 0.3 is 18.2 Å². The summed E-state index contributed by atoms with van der Waals surface area (Å²) in [6.07, 6.45) is -1.91. The van der Waals surface area contributed by atoms with Crippen LogP contribution in [0, 0.1) is 0 Å². The average molecular weight is 606 g/mol. The Morgan fingerprint density at radius 1 is 0.955 bits per heavy atom. The van der Waals surface area contributed by atoms with Gasteiger partial charge in [-0.15, -0.1) is 0 Å². The van der Waals surface area contributed by atoms with E-state index >= 15 is 0 Å².